The average molecular weight is 333 g/mol. The lowest BCUT2D eigenvalue weighted by Gasteiger charge is -2.12. The number of carbonyl (C=O) groups excluding carboxylic acids is 1. The number of rotatable bonds is 7. The molecule has 0 aliphatic heterocycles. The van der Waals surface area contributed by atoms with E-state index in [9.17, 15) is 9.59 Å². The van der Waals surface area contributed by atoms with Gasteiger partial charge in [0.2, 0.25) is 0 Å². The molecule has 1 rings (SSSR count). The van der Waals surface area contributed by atoms with Crippen LogP contribution in [0.1, 0.15) is 18.9 Å². The molecule has 0 saturated carbocycles. The van der Waals surface area contributed by atoms with Crippen LogP contribution in [0.5, 0.6) is 0 Å². The first-order valence-corrected chi connectivity index (χ1v) is 7.38. The van der Waals surface area contributed by atoms with Crippen LogP contribution in [0.25, 0.3) is 0 Å². The number of hydrogen-bond donors (Lipinski definition) is 3. The molecule has 7 heteroatoms. The summed E-state index contributed by atoms with van der Waals surface area (Å²) in [6, 6.07) is 4.81. The molecule has 0 saturated heterocycles. The van der Waals surface area contributed by atoms with Gasteiger partial charge in [-0.2, -0.15) is 0 Å². The van der Waals surface area contributed by atoms with E-state index in [0.717, 1.165) is 5.56 Å². The van der Waals surface area contributed by atoms with Crippen molar-refractivity contribution in [3.8, 4) is 0 Å². The van der Waals surface area contributed by atoms with Gasteiger partial charge in [-0.05, 0) is 30.5 Å². The minimum absolute atomic E-state index is 0.110. The summed E-state index contributed by atoms with van der Waals surface area (Å²) in [5.41, 5.74) is 0.887. The van der Waals surface area contributed by atoms with Gasteiger partial charge in [-0.15, -0.1) is 0 Å². The summed E-state index contributed by atoms with van der Waals surface area (Å²) in [5, 5.41) is 15.2. The fraction of sp³-hybridized carbons (Fsp3) is 0.429. The van der Waals surface area contributed by atoms with E-state index in [4.69, 9.17) is 28.3 Å². The Bertz CT molecular complexity index is 509. The maximum absolute atomic E-state index is 11.5. The van der Waals surface area contributed by atoms with E-state index in [1.807, 2.05) is 6.07 Å². The number of nitrogens with one attached hydrogen (secondary N) is 2. The molecule has 5 nitrogen and oxygen atoms in total. The quantitative estimate of drug-likeness (QED) is 0.718. The van der Waals surface area contributed by atoms with Gasteiger partial charge < -0.3 is 15.7 Å². The number of carboxylic acid groups (broad SMARTS) is 1. The highest BCUT2D eigenvalue weighted by Crippen LogP contribution is 2.20. The van der Waals surface area contributed by atoms with Gasteiger partial charge in [0.1, 0.15) is 0 Å². The first-order chi connectivity index (χ1) is 9.93. The van der Waals surface area contributed by atoms with Crippen LogP contribution in [-0.4, -0.2) is 30.2 Å². The van der Waals surface area contributed by atoms with E-state index in [1.54, 1.807) is 19.1 Å². The second kappa shape index (κ2) is 8.74. The molecule has 0 aliphatic rings. The van der Waals surface area contributed by atoms with Crippen LogP contribution in [0.4, 0.5) is 4.79 Å². The van der Waals surface area contributed by atoms with Crippen molar-refractivity contribution in [2.45, 2.75) is 19.8 Å². The third-order valence-corrected chi connectivity index (χ3v) is 3.63. The summed E-state index contributed by atoms with van der Waals surface area (Å²) in [4.78, 5) is 22.4. The van der Waals surface area contributed by atoms with E-state index in [-0.39, 0.29) is 12.6 Å². The number of aliphatic carboxylic acids is 1. The second-order valence-corrected chi connectivity index (χ2v) is 5.41. The molecule has 0 aliphatic carbocycles. The molecular weight excluding hydrogens is 315 g/mol. The summed E-state index contributed by atoms with van der Waals surface area (Å²) >= 11 is 11.8. The number of hydrogen-bond acceptors (Lipinski definition) is 2. The van der Waals surface area contributed by atoms with Gasteiger partial charge in [-0.1, -0.05) is 36.2 Å². The van der Waals surface area contributed by atoms with Gasteiger partial charge in [0.05, 0.1) is 5.92 Å². The molecule has 3 N–H and O–H groups in total. The highest BCUT2D eigenvalue weighted by molar-refractivity contribution is 6.35. The highest BCUT2D eigenvalue weighted by atomic mass is 35.5. The molecule has 1 unspecified atom stereocenters. The Balaban J connectivity index is 2.32. The van der Waals surface area contributed by atoms with Gasteiger partial charge in [0.15, 0.2) is 0 Å². The smallest absolute Gasteiger partial charge is 0.314 e. The van der Waals surface area contributed by atoms with Crippen molar-refractivity contribution in [1.29, 1.82) is 0 Å². The number of urea groups is 1. The third-order valence-electron chi connectivity index (χ3n) is 3.05. The normalized spacial score (nSPS) is 11.8. The Labute approximate surface area is 133 Å². The van der Waals surface area contributed by atoms with Crippen molar-refractivity contribution < 1.29 is 14.7 Å². The lowest BCUT2D eigenvalue weighted by Crippen LogP contribution is -2.40. The van der Waals surface area contributed by atoms with Crippen molar-refractivity contribution >= 4 is 35.2 Å². The molecule has 0 radical (unpaired) electrons. The Morgan fingerprint density at radius 2 is 2.00 bits per heavy atom. The van der Waals surface area contributed by atoms with Crippen LogP contribution in [0.2, 0.25) is 10.0 Å². The largest absolute Gasteiger partial charge is 0.481 e. The number of amides is 2. The molecule has 1 atom stereocenters. The van der Waals surface area contributed by atoms with Gasteiger partial charge in [-0.3, -0.25) is 4.79 Å². The fourth-order valence-corrected chi connectivity index (χ4v) is 2.22. The minimum atomic E-state index is -0.911. The lowest BCUT2D eigenvalue weighted by atomic mass is 10.1. The molecular formula is C14H18Cl2N2O3. The molecule has 21 heavy (non-hydrogen) atoms. The topological polar surface area (TPSA) is 78.4 Å². The van der Waals surface area contributed by atoms with E-state index in [2.05, 4.69) is 10.6 Å². The zero-order valence-electron chi connectivity index (χ0n) is 11.7. The monoisotopic (exact) mass is 332 g/mol. The van der Waals surface area contributed by atoms with E-state index in [0.29, 0.717) is 29.4 Å². The molecule has 0 aromatic heterocycles. The Hall–Kier alpha value is -1.46. The van der Waals surface area contributed by atoms with Crippen LogP contribution in [-0.2, 0) is 11.2 Å². The van der Waals surface area contributed by atoms with Crippen molar-refractivity contribution in [2.24, 2.45) is 5.92 Å². The zero-order chi connectivity index (χ0) is 15.8. The van der Waals surface area contributed by atoms with E-state index < -0.39 is 11.9 Å². The summed E-state index contributed by atoms with van der Waals surface area (Å²) in [6.45, 7) is 2.28. The van der Waals surface area contributed by atoms with Gasteiger partial charge in [-0.25, -0.2) is 4.79 Å². The van der Waals surface area contributed by atoms with Crippen molar-refractivity contribution in [3.05, 3.63) is 33.8 Å². The summed E-state index contributed by atoms with van der Waals surface area (Å²) in [7, 11) is 0. The minimum Gasteiger partial charge on any atom is -0.481 e. The van der Waals surface area contributed by atoms with Gasteiger partial charge >= 0.3 is 12.0 Å². The SMILES string of the molecule is CCC(CNC(=O)NCCc1ccc(Cl)cc1Cl)C(=O)O. The maximum atomic E-state index is 11.5. The summed E-state index contributed by atoms with van der Waals surface area (Å²) < 4.78 is 0. The van der Waals surface area contributed by atoms with Crippen LogP contribution < -0.4 is 10.6 Å². The molecule has 1 aromatic carbocycles. The standard InChI is InChI=1S/C14H18Cl2N2O3/c1-2-9(13(19)20)8-18-14(21)17-6-5-10-3-4-11(15)7-12(10)16/h3-4,7,9H,2,5-6,8H2,1H3,(H,19,20)(H2,17,18,21). The van der Waals surface area contributed by atoms with E-state index >= 15 is 0 Å². The van der Waals surface area contributed by atoms with Gasteiger partial charge in [0.25, 0.3) is 0 Å². The maximum Gasteiger partial charge on any atom is 0.314 e. The van der Waals surface area contributed by atoms with E-state index in [1.165, 1.54) is 0 Å². The Kier molecular flexibility index (Phi) is 7.32. The molecule has 0 heterocycles. The fourth-order valence-electron chi connectivity index (χ4n) is 1.72. The zero-order valence-corrected chi connectivity index (χ0v) is 13.2. The average Bonchev–Trinajstić information content (AvgIpc) is 2.41. The number of benzene rings is 1. The number of carboxylic acids is 1. The van der Waals surface area contributed by atoms with Crippen molar-refractivity contribution in [1.82, 2.24) is 10.6 Å². The van der Waals surface area contributed by atoms with Crippen molar-refractivity contribution in [3.63, 3.8) is 0 Å². The molecule has 0 fully saturated rings. The van der Waals surface area contributed by atoms with Crippen LogP contribution in [0.3, 0.4) is 0 Å². The van der Waals surface area contributed by atoms with Crippen LogP contribution >= 0.6 is 23.2 Å². The predicted molar refractivity (Wildman–Crippen MR) is 83.0 cm³/mol. The van der Waals surface area contributed by atoms with Crippen molar-refractivity contribution in [2.75, 3.05) is 13.1 Å². The highest BCUT2D eigenvalue weighted by Gasteiger charge is 2.15. The second-order valence-electron chi connectivity index (χ2n) is 4.57. The predicted octanol–water partition coefficient (Wildman–Crippen LogP) is 2.95. The Morgan fingerprint density at radius 1 is 1.29 bits per heavy atom. The summed E-state index contributed by atoms with van der Waals surface area (Å²) in [5.74, 6) is -1.48. The molecule has 0 spiro atoms. The van der Waals surface area contributed by atoms with Gasteiger partial charge in [0, 0.05) is 23.1 Å². The van der Waals surface area contributed by atoms with Crippen LogP contribution in [0.15, 0.2) is 18.2 Å². The molecule has 2 amide bonds. The first-order valence-electron chi connectivity index (χ1n) is 6.62. The lowest BCUT2D eigenvalue weighted by molar-refractivity contribution is -0.141. The molecule has 1 aromatic rings. The number of halogens is 2. The number of carbonyl (C=O) groups is 2. The first kappa shape index (κ1) is 17.6. The molecule has 116 valence electrons. The summed E-state index contributed by atoms with van der Waals surface area (Å²) in [6.07, 6.45) is 1.04. The molecule has 0 bridgehead atoms. The third kappa shape index (κ3) is 6.23. The van der Waals surface area contributed by atoms with Crippen LogP contribution in [0, 0.1) is 5.92 Å². The Morgan fingerprint density at radius 3 is 2.57 bits per heavy atom.